The van der Waals surface area contributed by atoms with Crippen LogP contribution in [0, 0.1) is 0 Å². The molecule has 0 atom stereocenters. The van der Waals surface area contributed by atoms with E-state index in [1.54, 1.807) is 0 Å². The van der Waals surface area contributed by atoms with Crippen LogP contribution in [0.1, 0.15) is 0 Å². The van der Waals surface area contributed by atoms with Gasteiger partial charge in [-0.15, -0.1) is 11.3 Å². The van der Waals surface area contributed by atoms with E-state index in [1.165, 1.54) is 69.6 Å². The van der Waals surface area contributed by atoms with Crippen LogP contribution in [0.5, 0.6) is 0 Å². The van der Waals surface area contributed by atoms with Gasteiger partial charge in [-0.3, -0.25) is 0 Å². The Labute approximate surface area is 301 Å². The second kappa shape index (κ2) is 10.5. The van der Waals surface area contributed by atoms with Crippen molar-refractivity contribution in [2.45, 2.75) is 0 Å². The molecule has 4 heterocycles. The molecule has 0 aliphatic rings. The van der Waals surface area contributed by atoms with E-state index in [0.29, 0.717) is 0 Å². The lowest BCUT2D eigenvalue weighted by atomic mass is 10.0. The standard InChI is InChI=1S/C48H28N2OS/c1-3-11-31(12-4-1)49-41-26-20-29(27-40(41)37-22-24-38-34-15-7-9-17-43(34)51-47(38)45(37)49)30-19-21-33-36-23-25-39-35-16-8-10-18-44(35)52-48(39)46(36)50(42(33)28-30)32-13-5-2-6-14-32/h1-28H. The highest BCUT2D eigenvalue weighted by molar-refractivity contribution is 7.26. The van der Waals surface area contributed by atoms with Gasteiger partial charge in [-0.05, 0) is 71.8 Å². The van der Waals surface area contributed by atoms with Crippen molar-refractivity contribution in [3.05, 3.63) is 170 Å². The predicted octanol–water partition coefficient (Wildman–Crippen LogP) is 13.8. The molecule has 0 spiro atoms. The highest BCUT2D eigenvalue weighted by atomic mass is 32.1. The fourth-order valence-electron chi connectivity index (χ4n) is 8.61. The Kier molecular flexibility index (Phi) is 5.65. The molecule has 0 bridgehead atoms. The van der Waals surface area contributed by atoms with Gasteiger partial charge in [0.1, 0.15) is 5.58 Å². The van der Waals surface area contributed by atoms with Crippen LogP contribution in [-0.2, 0) is 0 Å². The van der Waals surface area contributed by atoms with Crippen molar-refractivity contribution in [2.24, 2.45) is 0 Å². The topological polar surface area (TPSA) is 23.0 Å². The summed E-state index contributed by atoms with van der Waals surface area (Å²) in [6.07, 6.45) is 0. The minimum absolute atomic E-state index is 0.908. The van der Waals surface area contributed by atoms with Gasteiger partial charge in [0.05, 0.1) is 26.8 Å². The summed E-state index contributed by atoms with van der Waals surface area (Å²) in [5.74, 6) is 0. The summed E-state index contributed by atoms with van der Waals surface area (Å²) in [6, 6.07) is 61.6. The summed E-state index contributed by atoms with van der Waals surface area (Å²) < 4.78 is 14.1. The fourth-order valence-corrected chi connectivity index (χ4v) is 9.85. The molecular formula is C48H28N2OS. The quantitative estimate of drug-likeness (QED) is 0.182. The van der Waals surface area contributed by atoms with Crippen molar-refractivity contribution < 1.29 is 4.42 Å². The van der Waals surface area contributed by atoms with E-state index in [4.69, 9.17) is 4.42 Å². The molecule has 0 saturated carbocycles. The van der Waals surface area contributed by atoms with Gasteiger partial charge in [0.25, 0.3) is 0 Å². The van der Waals surface area contributed by atoms with Gasteiger partial charge in [0, 0.05) is 59.2 Å². The molecule has 0 N–H and O–H groups in total. The van der Waals surface area contributed by atoms with Crippen molar-refractivity contribution in [3.63, 3.8) is 0 Å². The Morgan fingerprint density at radius 2 is 0.981 bits per heavy atom. The third kappa shape index (κ3) is 3.79. The van der Waals surface area contributed by atoms with E-state index in [1.807, 2.05) is 17.4 Å². The minimum Gasteiger partial charge on any atom is -0.454 e. The van der Waals surface area contributed by atoms with E-state index in [-0.39, 0.29) is 0 Å². The summed E-state index contributed by atoms with van der Waals surface area (Å²) in [4.78, 5) is 0. The molecule has 0 amide bonds. The van der Waals surface area contributed by atoms with E-state index in [2.05, 4.69) is 173 Å². The van der Waals surface area contributed by atoms with Crippen molar-refractivity contribution in [3.8, 4) is 22.5 Å². The third-order valence-corrected chi connectivity index (χ3v) is 12.1. The van der Waals surface area contributed by atoms with Crippen LogP contribution in [0.2, 0.25) is 0 Å². The molecule has 0 unspecified atom stereocenters. The number of hydrogen-bond acceptors (Lipinski definition) is 2. The average molecular weight is 681 g/mol. The second-order valence-electron chi connectivity index (χ2n) is 13.7. The van der Waals surface area contributed by atoms with Crippen LogP contribution < -0.4 is 0 Å². The van der Waals surface area contributed by atoms with E-state index in [9.17, 15) is 0 Å². The Balaban J connectivity index is 1.14. The van der Waals surface area contributed by atoms with Gasteiger partial charge in [-0.2, -0.15) is 0 Å². The number of rotatable bonds is 3. The van der Waals surface area contributed by atoms with Crippen molar-refractivity contribution in [1.29, 1.82) is 0 Å². The molecule has 12 rings (SSSR count). The molecule has 8 aromatic carbocycles. The molecule has 0 aliphatic carbocycles. The number of furan rings is 1. The summed E-state index contributed by atoms with van der Waals surface area (Å²) in [7, 11) is 0. The maximum Gasteiger partial charge on any atom is 0.160 e. The number of para-hydroxylation sites is 3. The van der Waals surface area contributed by atoms with Crippen LogP contribution in [0.3, 0.4) is 0 Å². The normalized spacial score (nSPS) is 12.2. The average Bonchev–Trinajstić information content (AvgIpc) is 3.95. The summed E-state index contributed by atoms with van der Waals surface area (Å²) in [5.41, 5.74) is 11.2. The van der Waals surface area contributed by atoms with Crippen molar-refractivity contribution in [1.82, 2.24) is 9.13 Å². The Morgan fingerprint density at radius 3 is 1.79 bits per heavy atom. The number of fused-ring (bicyclic) bond motifs is 14. The van der Waals surface area contributed by atoms with E-state index < -0.39 is 0 Å². The van der Waals surface area contributed by atoms with E-state index in [0.717, 1.165) is 38.7 Å². The first-order valence-electron chi connectivity index (χ1n) is 17.7. The molecular weight excluding hydrogens is 653 g/mol. The van der Waals surface area contributed by atoms with Crippen LogP contribution in [0.25, 0.3) is 108 Å². The number of hydrogen-bond donors (Lipinski definition) is 0. The first-order valence-corrected chi connectivity index (χ1v) is 18.5. The molecule has 0 saturated heterocycles. The van der Waals surface area contributed by atoms with Gasteiger partial charge in [-0.1, -0.05) is 109 Å². The number of nitrogens with zero attached hydrogens (tertiary/aromatic N) is 2. The lowest BCUT2D eigenvalue weighted by Gasteiger charge is -2.10. The second-order valence-corrected chi connectivity index (χ2v) is 14.7. The molecule has 0 radical (unpaired) electrons. The van der Waals surface area contributed by atoms with Gasteiger partial charge < -0.3 is 13.6 Å². The highest BCUT2D eigenvalue weighted by Crippen LogP contribution is 2.45. The minimum atomic E-state index is 0.908. The Morgan fingerprint density at radius 1 is 0.385 bits per heavy atom. The van der Waals surface area contributed by atoms with Gasteiger partial charge in [0.15, 0.2) is 5.58 Å². The van der Waals surface area contributed by atoms with Gasteiger partial charge >= 0.3 is 0 Å². The Hall–Kier alpha value is -6.62. The maximum atomic E-state index is 6.63. The molecule has 0 aliphatic heterocycles. The molecule has 4 heteroatoms. The predicted molar refractivity (Wildman–Crippen MR) is 221 cm³/mol. The van der Waals surface area contributed by atoms with Crippen molar-refractivity contribution in [2.75, 3.05) is 0 Å². The molecule has 52 heavy (non-hydrogen) atoms. The zero-order valence-electron chi connectivity index (χ0n) is 27.9. The summed E-state index contributed by atoms with van der Waals surface area (Å²) in [5, 5.41) is 9.82. The lowest BCUT2D eigenvalue weighted by Crippen LogP contribution is -1.94. The number of aromatic nitrogens is 2. The summed E-state index contributed by atoms with van der Waals surface area (Å²) >= 11 is 1.89. The molecule has 4 aromatic heterocycles. The zero-order valence-corrected chi connectivity index (χ0v) is 28.7. The first-order chi connectivity index (χ1) is 25.8. The van der Waals surface area contributed by atoms with Crippen LogP contribution in [-0.4, -0.2) is 9.13 Å². The smallest absolute Gasteiger partial charge is 0.160 e. The third-order valence-electron chi connectivity index (χ3n) is 10.9. The first kappa shape index (κ1) is 28.1. The van der Waals surface area contributed by atoms with Crippen LogP contribution in [0.15, 0.2) is 174 Å². The fraction of sp³-hybridized carbons (Fsp3) is 0. The molecule has 0 fully saturated rings. The molecule has 3 nitrogen and oxygen atoms in total. The largest absolute Gasteiger partial charge is 0.454 e. The highest BCUT2D eigenvalue weighted by Gasteiger charge is 2.21. The summed E-state index contributed by atoms with van der Waals surface area (Å²) in [6.45, 7) is 0. The van der Waals surface area contributed by atoms with E-state index >= 15 is 0 Å². The maximum absolute atomic E-state index is 6.63. The molecule has 12 aromatic rings. The monoisotopic (exact) mass is 680 g/mol. The number of thiophene rings is 1. The number of benzene rings is 8. The lowest BCUT2D eigenvalue weighted by molar-refractivity contribution is 0.671. The Bertz CT molecular complexity index is 3400. The van der Waals surface area contributed by atoms with Crippen molar-refractivity contribution >= 4 is 97.1 Å². The van der Waals surface area contributed by atoms with Crippen LogP contribution in [0.4, 0.5) is 0 Å². The van der Waals surface area contributed by atoms with Gasteiger partial charge in [0.2, 0.25) is 0 Å². The molecule has 242 valence electrons. The SMILES string of the molecule is c1ccc(-n2c3ccc(-c4ccc5c6ccc7c8ccccc8sc7c6n(-c6ccccc6)c5c4)cc3c3ccc4c5ccccc5oc4c32)cc1. The van der Waals surface area contributed by atoms with Crippen LogP contribution >= 0.6 is 11.3 Å². The van der Waals surface area contributed by atoms with Gasteiger partial charge in [-0.25, -0.2) is 0 Å². The zero-order chi connectivity index (χ0) is 33.9.